The number of phenols is 1. The van der Waals surface area contributed by atoms with E-state index in [0.29, 0.717) is 34.3 Å². The van der Waals surface area contributed by atoms with Crippen LogP contribution in [-0.4, -0.2) is 5.11 Å². The van der Waals surface area contributed by atoms with Crippen molar-refractivity contribution < 1.29 is 13.9 Å². The minimum absolute atomic E-state index is 0.0437. The minimum Gasteiger partial charge on any atom is -0.508 e. The van der Waals surface area contributed by atoms with Gasteiger partial charge in [0.25, 0.3) is 0 Å². The molecule has 1 N–H and O–H groups in total. The van der Waals surface area contributed by atoms with Gasteiger partial charge in [0, 0.05) is 12.5 Å². The maximum atomic E-state index is 13.1. The van der Waals surface area contributed by atoms with Crippen LogP contribution < -0.4 is 5.43 Å². The van der Waals surface area contributed by atoms with E-state index in [9.17, 15) is 14.3 Å². The monoisotopic (exact) mass is 284 g/mol. The van der Waals surface area contributed by atoms with Crippen LogP contribution in [0.25, 0.3) is 22.1 Å². The summed E-state index contributed by atoms with van der Waals surface area (Å²) < 4.78 is 18.8. The molecule has 0 radical (unpaired) electrons. The second-order valence-corrected chi connectivity index (χ2v) is 4.77. The summed E-state index contributed by atoms with van der Waals surface area (Å²) in [6.07, 6.45) is 0.521. The summed E-state index contributed by atoms with van der Waals surface area (Å²) in [5, 5.41) is 9.89. The van der Waals surface area contributed by atoms with Gasteiger partial charge >= 0.3 is 0 Å². The van der Waals surface area contributed by atoms with Crippen molar-refractivity contribution in [2.45, 2.75) is 13.3 Å². The van der Waals surface area contributed by atoms with Crippen LogP contribution >= 0.6 is 0 Å². The summed E-state index contributed by atoms with van der Waals surface area (Å²) in [5.74, 6) is 0.207. The number of halogens is 1. The van der Waals surface area contributed by atoms with E-state index in [4.69, 9.17) is 4.42 Å². The van der Waals surface area contributed by atoms with Crippen LogP contribution in [0.1, 0.15) is 12.7 Å². The molecule has 0 saturated carbocycles. The molecule has 0 unspecified atom stereocenters. The molecule has 2 aromatic carbocycles. The summed E-state index contributed by atoms with van der Waals surface area (Å²) >= 11 is 0. The molecule has 3 nitrogen and oxygen atoms in total. The fraction of sp³-hybridized carbons (Fsp3) is 0.118. The van der Waals surface area contributed by atoms with Gasteiger partial charge in [0.1, 0.15) is 22.9 Å². The van der Waals surface area contributed by atoms with E-state index in [-0.39, 0.29) is 17.0 Å². The lowest BCUT2D eigenvalue weighted by Gasteiger charge is -2.09. The Kier molecular flexibility index (Phi) is 3.22. The quantitative estimate of drug-likeness (QED) is 0.777. The fourth-order valence-electron chi connectivity index (χ4n) is 2.39. The van der Waals surface area contributed by atoms with Gasteiger partial charge in [-0.05, 0) is 29.8 Å². The van der Waals surface area contributed by atoms with Crippen LogP contribution in [0.5, 0.6) is 5.75 Å². The number of benzene rings is 2. The summed E-state index contributed by atoms with van der Waals surface area (Å²) in [6.45, 7) is 1.87. The Hall–Kier alpha value is -2.62. The number of hydrogen-bond acceptors (Lipinski definition) is 3. The third-order valence-electron chi connectivity index (χ3n) is 3.40. The molecule has 0 bridgehead atoms. The molecule has 0 spiro atoms. The molecule has 4 heteroatoms. The Labute approximate surface area is 120 Å². The van der Waals surface area contributed by atoms with Gasteiger partial charge in [-0.25, -0.2) is 4.39 Å². The van der Waals surface area contributed by atoms with E-state index in [0.717, 1.165) is 0 Å². The zero-order valence-corrected chi connectivity index (χ0v) is 11.4. The maximum absolute atomic E-state index is 13.1. The number of aromatic hydroxyl groups is 1. The van der Waals surface area contributed by atoms with Crippen molar-refractivity contribution in [3.8, 4) is 16.9 Å². The molecule has 3 rings (SSSR count). The van der Waals surface area contributed by atoms with Crippen molar-refractivity contribution in [1.29, 1.82) is 0 Å². The first-order valence-electron chi connectivity index (χ1n) is 6.65. The highest BCUT2D eigenvalue weighted by atomic mass is 19.1. The Morgan fingerprint density at radius 1 is 1.14 bits per heavy atom. The molecule has 21 heavy (non-hydrogen) atoms. The van der Waals surface area contributed by atoms with Crippen LogP contribution in [0, 0.1) is 5.82 Å². The van der Waals surface area contributed by atoms with Gasteiger partial charge in [-0.2, -0.15) is 0 Å². The van der Waals surface area contributed by atoms with Gasteiger partial charge < -0.3 is 9.52 Å². The molecule has 0 amide bonds. The first-order chi connectivity index (χ1) is 10.1. The topological polar surface area (TPSA) is 50.4 Å². The zero-order valence-electron chi connectivity index (χ0n) is 11.4. The number of aryl methyl sites for hydroxylation is 1. The highest BCUT2D eigenvalue weighted by Gasteiger charge is 2.15. The molecule has 1 aromatic heterocycles. The summed E-state index contributed by atoms with van der Waals surface area (Å²) in [7, 11) is 0. The van der Waals surface area contributed by atoms with Crippen molar-refractivity contribution in [2.24, 2.45) is 0 Å². The van der Waals surface area contributed by atoms with E-state index in [2.05, 4.69) is 0 Å². The minimum atomic E-state index is -0.355. The van der Waals surface area contributed by atoms with Gasteiger partial charge in [-0.15, -0.1) is 0 Å². The number of hydrogen-bond donors (Lipinski definition) is 1. The lowest BCUT2D eigenvalue weighted by Crippen LogP contribution is -2.08. The molecular formula is C17H13FO3. The van der Waals surface area contributed by atoms with Gasteiger partial charge in [0.05, 0.1) is 10.9 Å². The van der Waals surface area contributed by atoms with Crippen LogP contribution in [-0.2, 0) is 6.42 Å². The highest BCUT2D eigenvalue weighted by Crippen LogP contribution is 2.26. The van der Waals surface area contributed by atoms with E-state index < -0.39 is 0 Å². The zero-order chi connectivity index (χ0) is 15.0. The van der Waals surface area contributed by atoms with Crippen molar-refractivity contribution >= 4 is 11.0 Å². The average Bonchev–Trinajstić information content (AvgIpc) is 2.48. The molecule has 0 saturated heterocycles. The predicted octanol–water partition coefficient (Wildman–Crippen LogP) is 3.87. The molecule has 3 aromatic rings. The smallest absolute Gasteiger partial charge is 0.200 e. The molecule has 0 fully saturated rings. The first-order valence-corrected chi connectivity index (χ1v) is 6.65. The molecule has 0 aliphatic heterocycles. The fourth-order valence-corrected chi connectivity index (χ4v) is 2.39. The number of fused-ring (bicyclic) bond motifs is 1. The highest BCUT2D eigenvalue weighted by molar-refractivity contribution is 5.83. The van der Waals surface area contributed by atoms with Crippen LogP contribution in [0.15, 0.2) is 51.7 Å². The molecule has 1 heterocycles. The van der Waals surface area contributed by atoms with E-state index in [1.165, 1.54) is 30.3 Å². The van der Waals surface area contributed by atoms with E-state index in [1.807, 2.05) is 6.92 Å². The number of rotatable bonds is 2. The molecule has 0 aliphatic carbocycles. The standard InChI is InChI=1S/C17H13FO3/c1-2-14-16(10-3-5-11(18)6-4-10)17(20)13-8-7-12(19)9-15(13)21-14/h3-9,19H,2H2,1H3. The largest absolute Gasteiger partial charge is 0.508 e. The number of phenolic OH excluding ortho intramolecular Hbond substituents is 1. The van der Waals surface area contributed by atoms with Gasteiger partial charge in [0.15, 0.2) is 0 Å². The average molecular weight is 284 g/mol. The van der Waals surface area contributed by atoms with E-state index in [1.54, 1.807) is 12.1 Å². The molecule has 106 valence electrons. The third-order valence-corrected chi connectivity index (χ3v) is 3.40. The lowest BCUT2D eigenvalue weighted by molar-refractivity contribution is 0.472. The van der Waals surface area contributed by atoms with Crippen molar-refractivity contribution in [2.75, 3.05) is 0 Å². The van der Waals surface area contributed by atoms with E-state index >= 15 is 0 Å². The Morgan fingerprint density at radius 2 is 1.86 bits per heavy atom. The predicted molar refractivity (Wildman–Crippen MR) is 78.9 cm³/mol. The lowest BCUT2D eigenvalue weighted by atomic mass is 10.0. The normalized spacial score (nSPS) is 11.0. The molecule has 0 aliphatic rings. The van der Waals surface area contributed by atoms with Crippen molar-refractivity contribution in [3.05, 3.63) is 64.3 Å². The van der Waals surface area contributed by atoms with Crippen molar-refractivity contribution in [1.82, 2.24) is 0 Å². The van der Waals surface area contributed by atoms with Gasteiger partial charge in [0.2, 0.25) is 5.43 Å². The van der Waals surface area contributed by atoms with Crippen molar-refractivity contribution in [3.63, 3.8) is 0 Å². The van der Waals surface area contributed by atoms with Gasteiger partial charge in [-0.3, -0.25) is 4.79 Å². The summed E-state index contributed by atoms with van der Waals surface area (Å²) in [5.41, 5.74) is 1.23. The SMILES string of the molecule is CCc1oc2cc(O)ccc2c(=O)c1-c1ccc(F)cc1. The maximum Gasteiger partial charge on any atom is 0.200 e. The molecular weight excluding hydrogens is 271 g/mol. The van der Waals surface area contributed by atoms with Crippen LogP contribution in [0.4, 0.5) is 4.39 Å². The second-order valence-electron chi connectivity index (χ2n) is 4.77. The van der Waals surface area contributed by atoms with Crippen LogP contribution in [0.3, 0.4) is 0 Å². The van der Waals surface area contributed by atoms with Crippen LogP contribution in [0.2, 0.25) is 0 Å². The second kappa shape index (κ2) is 5.05. The first kappa shape index (κ1) is 13.4. The Bertz CT molecular complexity index is 864. The summed E-state index contributed by atoms with van der Waals surface area (Å²) in [6, 6.07) is 10.1. The Morgan fingerprint density at radius 3 is 2.52 bits per heavy atom. The van der Waals surface area contributed by atoms with Gasteiger partial charge in [-0.1, -0.05) is 19.1 Å². The summed E-state index contributed by atoms with van der Waals surface area (Å²) in [4.78, 5) is 12.7. The Balaban J connectivity index is 2.36. The molecule has 0 atom stereocenters. The third kappa shape index (κ3) is 2.29.